The topological polar surface area (TPSA) is 17.0 Å². The number of aryl methyl sites for hydroxylation is 2. The van der Waals surface area contributed by atoms with Crippen LogP contribution in [0.25, 0.3) is 10.9 Å². The first-order valence-electron chi connectivity index (χ1n) is 7.62. The minimum absolute atomic E-state index is 1.04. The molecule has 0 bridgehead atoms. The zero-order valence-corrected chi connectivity index (χ0v) is 12.1. The molecule has 0 amide bonds. The molecule has 2 nitrogen and oxygen atoms in total. The second kappa shape index (κ2) is 5.38. The summed E-state index contributed by atoms with van der Waals surface area (Å²) < 4.78 is 2.56. The minimum Gasteiger partial charge on any atom is -0.343 e. The van der Waals surface area contributed by atoms with Crippen molar-refractivity contribution in [3.05, 3.63) is 35.0 Å². The molecular formula is C17H24N2. The van der Waals surface area contributed by atoms with Gasteiger partial charge in [0.15, 0.2) is 0 Å². The van der Waals surface area contributed by atoms with Crippen LogP contribution in [-0.4, -0.2) is 11.1 Å². The summed E-state index contributed by atoms with van der Waals surface area (Å²) in [6, 6.07) is 6.93. The van der Waals surface area contributed by atoms with Crippen molar-refractivity contribution in [2.75, 3.05) is 6.54 Å². The SMILES string of the molecule is CCCCCn1c2c(c3cc(C)ccc31)CCNC2. The van der Waals surface area contributed by atoms with Gasteiger partial charge >= 0.3 is 0 Å². The molecule has 1 aromatic carbocycles. The maximum atomic E-state index is 3.53. The fourth-order valence-corrected chi connectivity index (χ4v) is 3.27. The molecule has 2 heterocycles. The largest absolute Gasteiger partial charge is 0.343 e. The van der Waals surface area contributed by atoms with Gasteiger partial charge in [0.1, 0.15) is 0 Å². The molecule has 0 unspecified atom stereocenters. The van der Waals surface area contributed by atoms with Gasteiger partial charge in [-0.25, -0.2) is 0 Å². The Morgan fingerprint density at radius 2 is 2.16 bits per heavy atom. The molecule has 2 heteroatoms. The summed E-state index contributed by atoms with van der Waals surface area (Å²) in [7, 11) is 0. The molecule has 0 spiro atoms. The molecule has 3 rings (SSSR count). The summed E-state index contributed by atoms with van der Waals surface area (Å²) >= 11 is 0. The third kappa shape index (κ3) is 2.30. The van der Waals surface area contributed by atoms with Crippen LogP contribution in [0, 0.1) is 6.92 Å². The van der Waals surface area contributed by atoms with E-state index in [2.05, 4.69) is 41.9 Å². The Hall–Kier alpha value is -1.28. The van der Waals surface area contributed by atoms with Gasteiger partial charge in [-0.05, 0) is 44.0 Å². The molecule has 19 heavy (non-hydrogen) atoms. The van der Waals surface area contributed by atoms with E-state index >= 15 is 0 Å². The van der Waals surface area contributed by atoms with Gasteiger partial charge in [-0.2, -0.15) is 0 Å². The fourth-order valence-electron chi connectivity index (χ4n) is 3.27. The van der Waals surface area contributed by atoms with Crippen LogP contribution in [0.5, 0.6) is 0 Å². The first-order chi connectivity index (χ1) is 9.31. The van der Waals surface area contributed by atoms with Gasteiger partial charge in [-0.1, -0.05) is 31.4 Å². The third-order valence-corrected chi connectivity index (χ3v) is 4.27. The van der Waals surface area contributed by atoms with Gasteiger partial charge in [-0.15, -0.1) is 0 Å². The third-order valence-electron chi connectivity index (χ3n) is 4.27. The molecule has 0 aliphatic carbocycles. The average Bonchev–Trinajstić information content (AvgIpc) is 2.73. The van der Waals surface area contributed by atoms with Gasteiger partial charge < -0.3 is 9.88 Å². The van der Waals surface area contributed by atoms with E-state index in [0.717, 1.165) is 13.1 Å². The van der Waals surface area contributed by atoms with Crippen molar-refractivity contribution < 1.29 is 0 Å². The number of fused-ring (bicyclic) bond motifs is 3. The molecule has 2 aromatic rings. The number of hydrogen-bond donors (Lipinski definition) is 1. The summed E-state index contributed by atoms with van der Waals surface area (Å²) in [6.45, 7) is 7.80. The van der Waals surface area contributed by atoms with Gasteiger partial charge in [0.25, 0.3) is 0 Å². The summed E-state index contributed by atoms with van der Waals surface area (Å²) in [5, 5.41) is 5.02. The highest BCUT2D eigenvalue weighted by Crippen LogP contribution is 2.29. The van der Waals surface area contributed by atoms with Crippen molar-refractivity contribution in [3.8, 4) is 0 Å². The zero-order valence-electron chi connectivity index (χ0n) is 12.1. The summed E-state index contributed by atoms with van der Waals surface area (Å²) in [4.78, 5) is 0. The van der Waals surface area contributed by atoms with Gasteiger partial charge in [-0.3, -0.25) is 0 Å². The van der Waals surface area contributed by atoms with Crippen molar-refractivity contribution in [2.45, 2.75) is 52.6 Å². The molecular weight excluding hydrogens is 232 g/mol. The average molecular weight is 256 g/mol. The van der Waals surface area contributed by atoms with Crippen LogP contribution in [0.15, 0.2) is 18.2 Å². The van der Waals surface area contributed by atoms with E-state index in [4.69, 9.17) is 0 Å². The maximum absolute atomic E-state index is 3.53. The van der Waals surface area contributed by atoms with Crippen molar-refractivity contribution in [3.63, 3.8) is 0 Å². The Labute approximate surface area is 115 Å². The van der Waals surface area contributed by atoms with Crippen molar-refractivity contribution in [1.82, 2.24) is 9.88 Å². The number of hydrogen-bond acceptors (Lipinski definition) is 1. The van der Waals surface area contributed by atoms with E-state index in [1.54, 1.807) is 5.56 Å². The number of benzene rings is 1. The van der Waals surface area contributed by atoms with E-state index in [-0.39, 0.29) is 0 Å². The Bertz CT molecular complexity index is 580. The monoisotopic (exact) mass is 256 g/mol. The number of unbranched alkanes of at least 4 members (excludes halogenated alkanes) is 2. The Morgan fingerprint density at radius 3 is 3.00 bits per heavy atom. The highest BCUT2D eigenvalue weighted by atomic mass is 15.0. The zero-order chi connectivity index (χ0) is 13.2. The van der Waals surface area contributed by atoms with Crippen LogP contribution in [-0.2, 0) is 19.5 Å². The van der Waals surface area contributed by atoms with Crippen LogP contribution in [0.1, 0.15) is 43.0 Å². The first-order valence-corrected chi connectivity index (χ1v) is 7.62. The Balaban J connectivity index is 2.08. The van der Waals surface area contributed by atoms with Crippen molar-refractivity contribution >= 4 is 10.9 Å². The predicted octanol–water partition coefficient (Wildman–Crippen LogP) is 3.79. The highest BCUT2D eigenvalue weighted by Gasteiger charge is 2.19. The molecule has 1 N–H and O–H groups in total. The second-order valence-corrected chi connectivity index (χ2v) is 5.73. The number of aromatic nitrogens is 1. The van der Waals surface area contributed by atoms with E-state index in [1.807, 2.05) is 0 Å². The molecule has 1 aliphatic rings. The lowest BCUT2D eigenvalue weighted by Crippen LogP contribution is -2.25. The smallest absolute Gasteiger partial charge is 0.0486 e. The number of rotatable bonds is 4. The normalized spacial score (nSPS) is 14.8. The molecule has 0 atom stereocenters. The van der Waals surface area contributed by atoms with E-state index in [0.29, 0.717) is 0 Å². The van der Waals surface area contributed by atoms with Gasteiger partial charge in [0.2, 0.25) is 0 Å². The maximum Gasteiger partial charge on any atom is 0.0486 e. The molecule has 0 saturated heterocycles. The van der Waals surface area contributed by atoms with Crippen LogP contribution >= 0.6 is 0 Å². The highest BCUT2D eigenvalue weighted by molar-refractivity contribution is 5.86. The standard InChI is InChI=1S/C17H24N2/c1-3-4-5-10-19-16-7-6-13(2)11-15(16)14-8-9-18-12-17(14)19/h6-7,11,18H,3-5,8-10,12H2,1-2H3. The van der Waals surface area contributed by atoms with Crippen molar-refractivity contribution in [2.24, 2.45) is 0 Å². The van der Waals surface area contributed by atoms with E-state index < -0.39 is 0 Å². The number of nitrogens with zero attached hydrogens (tertiary/aromatic N) is 1. The van der Waals surface area contributed by atoms with Crippen LogP contribution in [0.4, 0.5) is 0 Å². The Morgan fingerprint density at radius 1 is 1.26 bits per heavy atom. The molecule has 0 saturated carbocycles. The predicted molar refractivity (Wildman–Crippen MR) is 81.6 cm³/mol. The lowest BCUT2D eigenvalue weighted by molar-refractivity contribution is 0.556. The van der Waals surface area contributed by atoms with Gasteiger partial charge in [0, 0.05) is 29.7 Å². The van der Waals surface area contributed by atoms with Gasteiger partial charge in [0.05, 0.1) is 0 Å². The second-order valence-electron chi connectivity index (χ2n) is 5.73. The van der Waals surface area contributed by atoms with E-state index in [9.17, 15) is 0 Å². The first kappa shape index (κ1) is 12.7. The number of nitrogens with one attached hydrogen (secondary N) is 1. The Kier molecular flexibility index (Phi) is 3.61. The lowest BCUT2D eigenvalue weighted by Gasteiger charge is -2.17. The van der Waals surface area contributed by atoms with Crippen LogP contribution in [0.3, 0.4) is 0 Å². The van der Waals surface area contributed by atoms with E-state index in [1.165, 1.54) is 54.4 Å². The summed E-state index contributed by atoms with van der Waals surface area (Å²) in [5.41, 5.74) is 5.94. The molecule has 102 valence electrons. The van der Waals surface area contributed by atoms with Crippen molar-refractivity contribution in [1.29, 1.82) is 0 Å². The molecule has 1 aromatic heterocycles. The fraction of sp³-hybridized carbons (Fsp3) is 0.529. The minimum atomic E-state index is 1.04. The lowest BCUT2D eigenvalue weighted by atomic mass is 10.0. The van der Waals surface area contributed by atoms with Crippen LogP contribution < -0.4 is 5.32 Å². The molecule has 0 fully saturated rings. The molecule has 0 radical (unpaired) electrons. The summed E-state index contributed by atoms with van der Waals surface area (Å²) in [6.07, 6.45) is 5.09. The quantitative estimate of drug-likeness (QED) is 0.824. The molecule has 1 aliphatic heterocycles. The van der Waals surface area contributed by atoms with Crippen LogP contribution in [0.2, 0.25) is 0 Å². The summed E-state index contributed by atoms with van der Waals surface area (Å²) in [5.74, 6) is 0.